The summed E-state index contributed by atoms with van der Waals surface area (Å²) in [5, 5.41) is 6.84. The number of carbonyl (C=O) groups is 2. The van der Waals surface area contributed by atoms with Gasteiger partial charge < -0.3 is 15.0 Å². The summed E-state index contributed by atoms with van der Waals surface area (Å²) in [4.78, 5) is 27.6. The molecule has 1 aromatic heterocycles. The van der Waals surface area contributed by atoms with Gasteiger partial charge in [-0.2, -0.15) is 5.10 Å². The van der Waals surface area contributed by atoms with Gasteiger partial charge in [-0.15, -0.1) is 0 Å². The molecule has 0 aliphatic rings. The predicted molar refractivity (Wildman–Crippen MR) is 124 cm³/mol. The Labute approximate surface area is 192 Å². The van der Waals surface area contributed by atoms with E-state index in [2.05, 4.69) is 10.4 Å². The van der Waals surface area contributed by atoms with Gasteiger partial charge in [0.05, 0.1) is 4.90 Å². The molecule has 1 heterocycles. The van der Waals surface area contributed by atoms with E-state index >= 15 is 0 Å². The number of hydrogen-bond donors (Lipinski definition) is 1. The summed E-state index contributed by atoms with van der Waals surface area (Å²) < 4.78 is 30.8. The number of nitrogens with one attached hydrogen (secondary N) is 1. The van der Waals surface area contributed by atoms with Crippen molar-refractivity contribution in [2.24, 2.45) is 7.05 Å². The second-order valence-electron chi connectivity index (χ2n) is 7.40. The van der Waals surface area contributed by atoms with Crippen LogP contribution in [0.15, 0.2) is 59.6 Å². The molecule has 174 valence electrons. The van der Waals surface area contributed by atoms with E-state index in [9.17, 15) is 18.0 Å². The zero-order chi connectivity index (χ0) is 24.2. The molecule has 0 bridgehead atoms. The van der Waals surface area contributed by atoms with Crippen LogP contribution in [0.2, 0.25) is 0 Å². The van der Waals surface area contributed by atoms with Gasteiger partial charge in [-0.05, 0) is 56.3 Å². The topological polar surface area (TPSA) is 111 Å². The summed E-state index contributed by atoms with van der Waals surface area (Å²) in [5.41, 5.74) is 0.525. The molecule has 9 nitrogen and oxygen atoms in total. The van der Waals surface area contributed by atoms with Crippen LogP contribution in [0.25, 0.3) is 0 Å². The summed E-state index contributed by atoms with van der Waals surface area (Å²) in [6.07, 6.45) is 2.82. The molecule has 2 aromatic carbocycles. The van der Waals surface area contributed by atoms with Crippen molar-refractivity contribution in [3.8, 4) is 11.5 Å². The van der Waals surface area contributed by atoms with Crippen molar-refractivity contribution in [1.29, 1.82) is 0 Å². The molecular formula is C23H26N4O5S. The van der Waals surface area contributed by atoms with Crippen molar-refractivity contribution in [2.75, 3.05) is 24.7 Å². The van der Waals surface area contributed by atoms with Crippen LogP contribution in [0, 0.1) is 0 Å². The molecule has 3 aromatic rings. The highest BCUT2D eigenvalue weighted by Gasteiger charge is 2.18. The van der Waals surface area contributed by atoms with Gasteiger partial charge in [0.15, 0.2) is 15.7 Å². The number of ether oxygens (including phenoxy) is 1. The third-order valence-corrected chi connectivity index (χ3v) is 6.04. The second-order valence-corrected chi connectivity index (χ2v) is 9.41. The lowest BCUT2D eigenvalue weighted by Crippen LogP contribution is -2.30. The summed E-state index contributed by atoms with van der Waals surface area (Å²) in [5.74, 6) is 0.337. The van der Waals surface area contributed by atoms with E-state index in [1.165, 1.54) is 36.4 Å². The van der Waals surface area contributed by atoms with Gasteiger partial charge in [0, 0.05) is 49.8 Å². The summed E-state index contributed by atoms with van der Waals surface area (Å²) in [6.45, 7) is 4.78. The lowest BCUT2D eigenvalue weighted by Gasteiger charge is -2.19. The average molecular weight is 471 g/mol. The summed E-state index contributed by atoms with van der Waals surface area (Å²) >= 11 is 0. The number of aryl methyl sites for hydroxylation is 1. The van der Waals surface area contributed by atoms with Crippen molar-refractivity contribution >= 4 is 27.5 Å². The first-order valence-corrected chi connectivity index (χ1v) is 12.2. The maximum Gasteiger partial charge on any atom is 0.257 e. The molecule has 0 radical (unpaired) electrons. The first-order valence-electron chi connectivity index (χ1n) is 10.3. The van der Waals surface area contributed by atoms with Crippen LogP contribution >= 0.6 is 0 Å². The zero-order valence-corrected chi connectivity index (χ0v) is 19.7. The number of carbonyl (C=O) groups excluding carboxylic acids is 2. The number of amides is 2. The number of aromatic nitrogens is 2. The number of hydrogen-bond acceptors (Lipinski definition) is 6. The Morgan fingerprint density at radius 2 is 1.64 bits per heavy atom. The van der Waals surface area contributed by atoms with Crippen LogP contribution in [-0.2, 0) is 16.9 Å². The van der Waals surface area contributed by atoms with Crippen LogP contribution in [0.4, 0.5) is 5.82 Å². The van der Waals surface area contributed by atoms with Crippen molar-refractivity contribution in [1.82, 2.24) is 14.7 Å². The van der Waals surface area contributed by atoms with Gasteiger partial charge in [-0.25, -0.2) is 8.42 Å². The molecule has 0 unspecified atom stereocenters. The molecule has 3 rings (SSSR count). The Morgan fingerprint density at radius 3 is 2.18 bits per heavy atom. The second kappa shape index (κ2) is 9.86. The van der Waals surface area contributed by atoms with Crippen LogP contribution in [0.3, 0.4) is 0 Å². The van der Waals surface area contributed by atoms with E-state index in [-0.39, 0.29) is 22.1 Å². The molecular weight excluding hydrogens is 444 g/mol. The van der Waals surface area contributed by atoms with Gasteiger partial charge in [-0.3, -0.25) is 14.3 Å². The largest absolute Gasteiger partial charge is 0.457 e. The minimum atomic E-state index is -3.34. The highest BCUT2D eigenvalue weighted by molar-refractivity contribution is 7.90. The van der Waals surface area contributed by atoms with Crippen molar-refractivity contribution < 1.29 is 22.7 Å². The van der Waals surface area contributed by atoms with E-state index in [1.54, 1.807) is 35.0 Å². The molecule has 0 spiro atoms. The Morgan fingerprint density at radius 1 is 1.00 bits per heavy atom. The fraction of sp³-hybridized carbons (Fsp3) is 0.261. The van der Waals surface area contributed by atoms with Gasteiger partial charge >= 0.3 is 0 Å². The Kier molecular flexibility index (Phi) is 7.17. The average Bonchev–Trinajstić information content (AvgIpc) is 3.18. The molecule has 0 atom stereocenters. The molecule has 0 saturated carbocycles. The quantitative estimate of drug-likeness (QED) is 0.541. The van der Waals surface area contributed by atoms with Crippen LogP contribution in [-0.4, -0.2) is 54.3 Å². The minimum Gasteiger partial charge on any atom is -0.457 e. The minimum absolute atomic E-state index is 0.163. The molecule has 0 aliphatic heterocycles. The molecule has 1 N–H and O–H groups in total. The maximum absolute atomic E-state index is 13.0. The number of sulfone groups is 1. The van der Waals surface area contributed by atoms with Gasteiger partial charge in [-0.1, -0.05) is 0 Å². The number of benzene rings is 2. The molecule has 0 fully saturated rings. The first kappa shape index (κ1) is 24.0. The van der Waals surface area contributed by atoms with Crippen molar-refractivity contribution in [3.05, 3.63) is 65.9 Å². The first-order chi connectivity index (χ1) is 15.6. The van der Waals surface area contributed by atoms with E-state index < -0.39 is 15.7 Å². The monoisotopic (exact) mass is 470 g/mol. The third kappa shape index (κ3) is 5.98. The van der Waals surface area contributed by atoms with Gasteiger partial charge in [0.25, 0.3) is 11.8 Å². The van der Waals surface area contributed by atoms with Crippen LogP contribution in [0.5, 0.6) is 11.5 Å². The van der Waals surface area contributed by atoms with Crippen molar-refractivity contribution in [3.63, 3.8) is 0 Å². The van der Waals surface area contributed by atoms with Crippen LogP contribution in [0.1, 0.15) is 34.6 Å². The highest BCUT2D eigenvalue weighted by Crippen LogP contribution is 2.26. The van der Waals surface area contributed by atoms with E-state index in [4.69, 9.17) is 4.74 Å². The lowest BCUT2D eigenvalue weighted by molar-refractivity contribution is 0.0772. The van der Waals surface area contributed by atoms with Crippen LogP contribution < -0.4 is 10.1 Å². The highest BCUT2D eigenvalue weighted by atomic mass is 32.2. The number of nitrogens with zero attached hydrogens (tertiary/aromatic N) is 3. The summed E-state index contributed by atoms with van der Waals surface area (Å²) in [6, 6.07) is 12.1. The van der Waals surface area contributed by atoms with Crippen molar-refractivity contribution in [2.45, 2.75) is 18.7 Å². The molecule has 0 aliphatic carbocycles. The normalized spacial score (nSPS) is 11.2. The Bertz CT molecular complexity index is 1260. The SMILES string of the molecule is CCN(CC)C(=O)c1cc(Oc2ccc(S(C)(=O)=O)cc2)cc(C(=O)Nc2ccn(C)n2)c1. The Hall–Kier alpha value is -3.66. The molecule has 10 heteroatoms. The Balaban J connectivity index is 1.95. The summed E-state index contributed by atoms with van der Waals surface area (Å²) in [7, 11) is -1.60. The van der Waals surface area contributed by atoms with E-state index in [0.29, 0.717) is 30.2 Å². The predicted octanol–water partition coefficient (Wildman–Crippen LogP) is 3.35. The van der Waals surface area contributed by atoms with E-state index in [0.717, 1.165) is 6.26 Å². The standard InChI is InChI=1S/C23H26N4O5S/c1-5-27(6-2)23(29)17-13-16(22(28)24-21-11-12-26(3)25-21)14-19(15-17)32-18-7-9-20(10-8-18)33(4,30)31/h7-15H,5-6H2,1-4H3,(H,24,25,28). The fourth-order valence-electron chi connectivity index (χ4n) is 3.17. The number of anilines is 1. The molecule has 33 heavy (non-hydrogen) atoms. The molecule has 2 amide bonds. The van der Waals surface area contributed by atoms with Gasteiger partial charge in [0.1, 0.15) is 11.5 Å². The number of rotatable bonds is 8. The fourth-order valence-corrected chi connectivity index (χ4v) is 3.80. The lowest BCUT2D eigenvalue weighted by atomic mass is 10.1. The third-order valence-electron chi connectivity index (χ3n) is 4.91. The smallest absolute Gasteiger partial charge is 0.257 e. The zero-order valence-electron chi connectivity index (χ0n) is 18.9. The maximum atomic E-state index is 13.0. The molecule has 0 saturated heterocycles. The van der Waals surface area contributed by atoms with E-state index in [1.807, 2.05) is 13.8 Å². The van der Waals surface area contributed by atoms with Gasteiger partial charge in [0.2, 0.25) is 0 Å².